The van der Waals surface area contributed by atoms with Gasteiger partial charge in [0.25, 0.3) is 0 Å². The first-order chi connectivity index (χ1) is 30.3. The molecule has 0 aliphatic carbocycles. The van der Waals surface area contributed by atoms with E-state index < -0.39 is 11.9 Å². The molecule has 10 heteroatoms. The predicted molar refractivity (Wildman–Crippen MR) is 245 cm³/mol. The van der Waals surface area contributed by atoms with Crippen LogP contribution in [0.4, 0.5) is 11.4 Å². The molecule has 5 aromatic carbocycles. The fraction of sp³-hybridized carbons (Fsp3) is 0.308. The van der Waals surface area contributed by atoms with Gasteiger partial charge in [-0.1, -0.05) is 72.8 Å². The Bertz CT molecular complexity index is 2310. The Hall–Kier alpha value is -7.04. The van der Waals surface area contributed by atoms with Crippen molar-refractivity contribution in [2.24, 2.45) is 9.98 Å². The highest BCUT2D eigenvalue weighted by Crippen LogP contribution is 2.35. The lowest BCUT2D eigenvalue weighted by molar-refractivity contribution is 0.0488. The number of nitriles is 2. The van der Waals surface area contributed by atoms with Gasteiger partial charge in [0.05, 0.1) is 58.9 Å². The molecule has 2 aliphatic heterocycles. The number of fused-ring (bicyclic) bond motifs is 2. The smallest absolute Gasteiger partial charge is 0.338 e. The molecule has 0 spiro atoms. The minimum Gasteiger partial charge on any atom is -0.462 e. The molecule has 2 heterocycles. The second-order valence-electron chi connectivity index (χ2n) is 16.0. The monoisotopic (exact) mass is 824 g/mol. The SMILES string of the molecule is CC(Cc1cc(C#N)c2c(c1)CCN2CCCOC(=O)c1ccc(C(=O)OCCCN2CCc3cc(CC(C)N=Cc4ccccc4)cc(C#N)c32)cc1)N=Cc1ccccc1. The van der Waals surface area contributed by atoms with Crippen LogP contribution in [0.15, 0.2) is 119 Å². The Balaban J connectivity index is 0.820. The molecule has 10 nitrogen and oxygen atoms in total. The van der Waals surface area contributed by atoms with E-state index in [4.69, 9.17) is 19.5 Å². The Morgan fingerprint density at radius 1 is 0.629 bits per heavy atom. The maximum atomic E-state index is 12.8. The first-order valence-corrected chi connectivity index (χ1v) is 21.5. The van der Waals surface area contributed by atoms with E-state index in [9.17, 15) is 20.1 Å². The van der Waals surface area contributed by atoms with E-state index in [1.165, 1.54) is 11.1 Å². The summed E-state index contributed by atoms with van der Waals surface area (Å²) in [6.07, 6.45) is 8.24. The zero-order chi connectivity index (χ0) is 43.3. The van der Waals surface area contributed by atoms with E-state index in [-0.39, 0.29) is 25.3 Å². The molecule has 2 unspecified atom stereocenters. The van der Waals surface area contributed by atoms with Crippen LogP contribution < -0.4 is 9.80 Å². The van der Waals surface area contributed by atoms with Crippen molar-refractivity contribution in [1.29, 1.82) is 10.5 Å². The first-order valence-electron chi connectivity index (χ1n) is 21.5. The summed E-state index contributed by atoms with van der Waals surface area (Å²) in [6, 6.07) is 39.7. The third kappa shape index (κ3) is 11.2. The van der Waals surface area contributed by atoms with Crippen LogP contribution in [0.2, 0.25) is 0 Å². The standard InChI is InChI=1S/C52H52N6O4/c1-37(55-35-39-11-5-3-6-12-39)27-41-29-45-19-23-57(49(45)47(31-41)33-53)21-9-25-61-51(59)43-15-17-44(18-16-43)52(60)62-26-10-22-58-24-20-46-30-42(32-48(34-54)50(46)58)28-38(2)56-36-40-13-7-4-8-14-40/h3-8,11-18,29-32,35-38H,9-10,19-28H2,1-2H3. The summed E-state index contributed by atoms with van der Waals surface area (Å²) in [7, 11) is 0. The van der Waals surface area contributed by atoms with Crippen LogP contribution >= 0.6 is 0 Å². The van der Waals surface area contributed by atoms with Crippen LogP contribution in [-0.2, 0) is 35.2 Å². The third-order valence-corrected chi connectivity index (χ3v) is 11.3. The predicted octanol–water partition coefficient (Wildman–Crippen LogP) is 8.75. The molecule has 2 atom stereocenters. The molecule has 0 amide bonds. The third-order valence-electron chi connectivity index (χ3n) is 11.3. The molecule has 0 saturated heterocycles. The molecule has 7 rings (SSSR count). The molecule has 0 fully saturated rings. The van der Waals surface area contributed by atoms with Gasteiger partial charge in [-0.3, -0.25) is 9.98 Å². The summed E-state index contributed by atoms with van der Waals surface area (Å²) in [5.74, 6) is -0.919. The van der Waals surface area contributed by atoms with Crippen molar-refractivity contribution in [2.45, 2.75) is 64.5 Å². The number of anilines is 2. The van der Waals surface area contributed by atoms with Gasteiger partial charge in [-0.2, -0.15) is 10.5 Å². The number of esters is 2. The maximum absolute atomic E-state index is 12.8. The van der Waals surface area contributed by atoms with Crippen molar-refractivity contribution in [3.63, 3.8) is 0 Å². The number of rotatable bonds is 18. The number of carbonyl (C=O) groups excluding carboxylic acids is 2. The summed E-state index contributed by atoms with van der Waals surface area (Å²) in [4.78, 5) is 39.5. The molecule has 2 aliphatic rings. The number of benzene rings is 5. The van der Waals surface area contributed by atoms with Gasteiger partial charge in [0.2, 0.25) is 0 Å². The van der Waals surface area contributed by atoms with Crippen LogP contribution in [0.25, 0.3) is 0 Å². The number of hydrogen-bond acceptors (Lipinski definition) is 10. The first kappa shape index (κ1) is 43.1. The van der Waals surface area contributed by atoms with E-state index in [2.05, 4.69) is 47.9 Å². The van der Waals surface area contributed by atoms with Crippen LogP contribution in [0.3, 0.4) is 0 Å². The number of aliphatic imine (C=N–C) groups is 2. The fourth-order valence-electron chi connectivity index (χ4n) is 8.28. The van der Waals surface area contributed by atoms with Crippen LogP contribution in [-0.4, -0.2) is 75.8 Å². The number of hydrogen-bond donors (Lipinski definition) is 0. The largest absolute Gasteiger partial charge is 0.462 e. The number of ether oxygens (including phenoxy) is 2. The molecule has 62 heavy (non-hydrogen) atoms. The van der Waals surface area contributed by atoms with E-state index in [1.54, 1.807) is 24.3 Å². The second kappa shape index (κ2) is 21.0. The summed E-state index contributed by atoms with van der Waals surface area (Å²) < 4.78 is 11.2. The average Bonchev–Trinajstić information content (AvgIpc) is 3.91. The molecule has 0 radical (unpaired) electrons. The minimum absolute atomic E-state index is 0.0788. The topological polar surface area (TPSA) is 131 Å². The van der Waals surface area contributed by atoms with Crippen LogP contribution in [0.1, 0.15) is 91.9 Å². The van der Waals surface area contributed by atoms with Crippen molar-refractivity contribution in [3.8, 4) is 12.1 Å². The molecule has 0 bridgehead atoms. The van der Waals surface area contributed by atoms with Crippen LogP contribution in [0, 0.1) is 22.7 Å². The van der Waals surface area contributed by atoms with Gasteiger partial charge in [0.15, 0.2) is 0 Å². The van der Waals surface area contributed by atoms with Crippen molar-refractivity contribution in [2.75, 3.05) is 49.2 Å². The Morgan fingerprint density at radius 2 is 1.03 bits per heavy atom. The van der Waals surface area contributed by atoms with Gasteiger partial charge in [-0.15, -0.1) is 0 Å². The highest BCUT2D eigenvalue weighted by Gasteiger charge is 2.25. The zero-order valence-electron chi connectivity index (χ0n) is 35.5. The Labute approximate surface area is 364 Å². The number of carbonyl (C=O) groups is 2. The molecular formula is C52H52N6O4. The highest BCUT2D eigenvalue weighted by molar-refractivity contribution is 5.93. The zero-order valence-corrected chi connectivity index (χ0v) is 35.5. The van der Waals surface area contributed by atoms with Gasteiger partial charge in [-0.05, 0) is 122 Å². The van der Waals surface area contributed by atoms with Gasteiger partial charge < -0.3 is 19.3 Å². The second-order valence-corrected chi connectivity index (χ2v) is 16.0. The Morgan fingerprint density at radius 3 is 1.42 bits per heavy atom. The van der Waals surface area contributed by atoms with Gasteiger partial charge in [0, 0.05) is 38.6 Å². The van der Waals surface area contributed by atoms with Crippen molar-refractivity contribution < 1.29 is 19.1 Å². The van der Waals surface area contributed by atoms with Crippen molar-refractivity contribution >= 4 is 35.7 Å². The molecule has 314 valence electrons. The van der Waals surface area contributed by atoms with Gasteiger partial charge >= 0.3 is 11.9 Å². The normalized spacial score (nSPS) is 14.0. The summed E-state index contributed by atoms with van der Waals surface area (Å²) >= 11 is 0. The maximum Gasteiger partial charge on any atom is 0.338 e. The molecule has 0 aromatic heterocycles. The molecule has 0 saturated carbocycles. The lowest BCUT2D eigenvalue weighted by Crippen LogP contribution is -2.24. The molecular weight excluding hydrogens is 773 g/mol. The summed E-state index contributed by atoms with van der Waals surface area (Å²) in [5, 5.41) is 20.1. The quantitative estimate of drug-likeness (QED) is 0.0487. The average molecular weight is 825 g/mol. The molecule has 5 aromatic rings. The lowest BCUT2D eigenvalue weighted by atomic mass is 9.99. The Kier molecular flexibility index (Phi) is 14.6. The highest BCUT2D eigenvalue weighted by atomic mass is 16.5. The van der Waals surface area contributed by atoms with E-state index in [1.807, 2.05) is 85.2 Å². The van der Waals surface area contributed by atoms with Gasteiger partial charge in [0.1, 0.15) is 12.1 Å². The van der Waals surface area contributed by atoms with E-state index in [0.29, 0.717) is 48.2 Å². The minimum atomic E-state index is -0.459. The summed E-state index contributed by atoms with van der Waals surface area (Å²) in [5.41, 5.74) is 10.7. The van der Waals surface area contributed by atoms with Crippen molar-refractivity contribution in [1.82, 2.24) is 0 Å². The molecule has 0 N–H and O–H groups in total. The van der Waals surface area contributed by atoms with Crippen molar-refractivity contribution in [3.05, 3.63) is 165 Å². The fourth-order valence-corrected chi connectivity index (χ4v) is 8.28. The van der Waals surface area contributed by atoms with Gasteiger partial charge in [-0.25, -0.2) is 9.59 Å². The van der Waals surface area contributed by atoms with E-state index >= 15 is 0 Å². The van der Waals surface area contributed by atoms with E-state index in [0.717, 1.165) is 72.4 Å². The van der Waals surface area contributed by atoms with Crippen LogP contribution in [0.5, 0.6) is 0 Å². The lowest BCUT2D eigenvalue weighted by Gasteiger charge is -2.21. The number of nitrogens with zero attached hydrogens (tertiary/aromatic N) is 6. The summed E-state index contributed by atoms with van der Waals surface area (Å²) in [6.45, 7) is 7.56.